The summed E-state index contributed by atoms with van der Waals surface area (Å²) in [6.07, 6.45) is 0. The van der Waals surface area contributed by atoms with Crippen molar-refractivity contribution in [2.24, 2.45) is 0 Å². The minimum atomic E-state index is -0.0920. The lowest BCUT2D eigenvalue weighted by Gasteiger charge is -2.07. The number of halogens is 1. The van der Waals surface area contributed by atoms with Crippen molar-refractivity contribution < 1.29 is 9.53 Å². The minimum absolute atomic E-state index is 0.00131. The molecule has 3 aromatic rings. The molecule has 0 saturated heterocycles. The number of carbonyl (C=O) groups excluding carboxylic acids is 1. The lowest BCUT2D eigenvalue weighted by atomic mass is 10.1. The van der Waals surface area contributed by atoms with Gasteiger partial charge in [-0.15, -0.1) is 0 Å². The van der Waals surface area contributed by atoms with E-state index in [1.54, 1.807) is 24.3 Å². The molecule has 0 heterocycles. The van der Waals surface area contributed by atoms with Gasteiger partial charge in [0, 0.05) is 10.6 Å². The van der Waals surface area contributed by atoms with Crippen LogP contribution >= 0.6 is 11.6 Å². The summed E-state index contributed by atoms with van der Waals surface area (Å²) >= 11 is 5.88. The SMILES string of the molecule is O=C(COc1ccc2ccccc2c1)c1cccc(Cl)c1. The molecule has 0 fully saturated rings. The van der Waals surface area contributed by atoms with Crippen LogP contribution in [-0.2, 0) is 0 Å². The highest BCUT2D eigenvalue weighted by Gasteiger charge is 2.07. The normalized spacial score (nSPS) is 10.5. The van der Waals surface area contributed by atoms with E-state index in [-0.39, 0.29) is 12.4 Å². The van der Waals surface area contributed by atoms with E-state index in [1.165, 1.54) is 0 Å². The van der Waals surface area contributed by atoms with Gasteiger partial charge in [0.2, 0.25) is 0 Å². The Kier molecular flexibility index (Phi) is 3.89. The predicted molar refractivity (Wildman–Crippen MR) is 85.2 cm³/mol. The Morgan fingerprint density at radius 2 is 1.71 bits per heavy atom. The first kappa shape index (κ1) is 13.7. The summed E-state index contributed by atoms with van der Waals surface area (Å²) in [4.78, 5) is 12.1. The molecular weight excluding hydrogens is 284 g/mol. The summed E-state index contributed by atoms with van der Waals surface area (Å²) in [5, 5.41) is 2.78. The van der Waals surface area contributed by atoms with Gasteiger partial charge >= 0.3 is 0 Å². The lowest BCUT2D eigenvalue weighted by Crippen LogP contribution is -2.11. The highest BCUT2D eigenvalue weighted by atomic mass is 35.5. The van der Waals surface area contributed by atoms with Gasteiger partial charge in [0.15, 0.2) is 12.4 Å². The number of ketones is 1. The molecule has 0 aromatic heterocycles. The van der Waals surface area contributed by atoms with E-state index >= 15 is 0 Å². The van der Waals surface area contributed by atoms with Crippen molar-refractivity contribution in [3.63, 3.8) is 0 Å². The van der Waals surface area contributed by atoms with Gasteiger partial charge in [0.05, 0.1) is 0 Å². The van der Waals surface area contributed by atoms with Crippen LogP contribution in [0.3, 0.4) is 0 Å². The molecule has 0 aliphatic carbocycles. The Morgan fingerprint density at radius 1 is 0.905 bits per heavy atom. The standard InChI is InChI=1S/C18H13ClO2/c19-16-7-3-6-15(10-16)18(20)12-21-17-9-8-13-4-1-2-5-14(13)11-17/h1-11H,12H2. The van der Waals surface area contributed by atoms with Gasteiger partial charge < -0.3 is 4.74 Å². The fourth-order valence-electron chi connectivity index (χ4n) is 2.15. The smallest absolute Gasteiger partial charge is 0.200 e. The molecule has 0 aliphatic rings. The van der Waals surface area contributed by atoms with E-state index in [4.69, 9.17) is 16.3 Å². The maximum atomic E-state index is 12.1. The number of rotatable bonds is 4. The van der Waals surface area contributed by atoms with Crippen LogP contribution in [-0.4, -0.2) is 12.4 Å². The zero-order valence-electron chi connectivity index (χ0n) is 11.3. The second kappa shape index (κ2) is 5.98. The number of benzene rings is 3. The molecule has 0 spiro atoms. The van der Waals surface area contributed by atoms with Crippen molar-refractivity contribution in [1.29, 1.82) is 0 Å². The average molecular weight is 297 g/mol. The maximum Gasteiger partial charge on any atom is 0.200 e. The molecule has 0 saturated carbocycles. The topological polar surface area (TPSA) is 26.3 Å². The first-order chi connectivity index (χ1) is 10.2. The summed E-state index contributed by atoms with van der Waals surface area (Å²) in [7, 11) is 0. The van der Waals surface area contributed by atoms with Gasteiger partial charge in [0.25, 0.3) is 0 Å². The molecule has 0 bridgehead atoms. The van der Waals surface area contributed by atoms with Crippen molar-refractivity contribution in [3.05, 3.63) is 77.3 Å². The Bertz CT molecular complexity index is 796. The fraction of sp³-hybridized carbons (Fsp3) is 0.0556. The van der Waals surface area contributed by atoms with Crippen LogP contribution in [0.5, 0.6) is 5.75 Å². The number of fused-ring (bicyclic) bond motifs is 1. The third-order valence-corrected chi connectivity index (χ3v) is 3.47. The second-order valence-electron chi connectivity index (χ2n) is 4.73. The largest absolute Gasteiger partial charge is 0.485 e. The number of hydrogen-bond acceptors (Lipinski definition) is 2. The lowest BCUT2D eigenvalue weighted by molar-refractivity contribution is 0.0921. The molecule has 0 atom stereocenters. The molecule has 104 valence electrons. The molecule has 0 aliphatic heterocycles. The van der Waals surface area contributed by atoms with Crippen molar-refractivity contribution in [1.82, 2.24) is 0 Å². The van der Waals surface area contributed by atoms with Crippen molar-refractivity contribution >= 4 is 28.2 Å². The number of hydrogen-bond donors (Lipinski definition) is 0. The van der Waals surface area contributed by atoms with Crippen LogP contribution in [0.25, 0.3) is 10.8 Å². The third-order valence-electron chi connectivity index (χ3n) is 3.24. The minimum Gasteiger partial charge on any atom is -0.485 e. The van der Waals surface area contributed by atoms with Crippen LogP contribution in [0.1, 0.15) is 10.4 Å². The molecule has 3 rings (SSSR count). The van der Waals surface area contributed by atoms with Crippen LogP contribution in [0.2, 0.25) is 5.02 Å². The van der Waals surface area contributed by atoms with E-state index in [2.05, 4.69) is 0 Å². The summed E-state index contributed by atoms with van der Waals surface area (Å²) in [5.41, 5.74) is 0.559. The molecule has 0 N–H and O–H groups in total. The van der Waals surface area contributed by atoms with Crippen molar-refractivity contribution in [2.75, 3.05) is 6.61 Å². The van der Waals surface area contributed by atoms with E-state index in [0.717, 1.165) is 10.8 Å². The zero-order valence-corrected chi connectivity index (χ0v) is 12.0. The highest BCUT2D eigenvalue weighted by Crippen LogP contribution is 2.21. The first-order valence-electron chi connectivity index (χ1n) is 6.63. The zero-order chi connectivity index (χ0) is 14.7. The monoisotopic (exact) mass is 296 g/mol. The van der Waals surface area contributed by atoms with E-state index in [0.29, 0.717) is 16.3 Å². The Morgan fingerprint density at radius 3 is 2.52 bits per heavy atom. The van der Waals surface area contributed by atoms with Crippen LogP contribution < -0.4 is 4.74 Å². The molecule has 21 heavy (non-hydrogen) atoms. The second-order valence-corrected chi connectivity index (χ2v) is 5.17. The molecule has 2 nitrogen and oxygen atoms in total. The number of Topliss-reactive ketones (excluding diaryl/α,β-unsaturated/α-hetero) is 1. The Labute approximate surface area is 127 Å². The highest BCUT2D eigenvalue weighted by molar-refractivity contribution is 6.31. The van der Waals surface area contributed by atoms with Crippen molar-refractivity contribution in [3.8, 4) is 5.75 Å². The summed E-state index contributed by atoms with van der Waals surface area (Å²) in [6, 6.07) is 20.7. The summed E-state index contributed by atoms with van der Waals surface area (Å²) < 4.78 is 5.58. The van der Waals surface area contributed by atoms with Crippen LogP contribution in [0.15, 0.2) is 66.7 Å². The molecule has 0 amide bonds. The van der Waals surface area contributed by atoms with Crippen LogP contribution in [0, 0.1) is 0 Å². The van der Waals surface area contributed by atoms with E-state index in [9.17, 15) is 4.79 Å². The molecule has 3 aromatic carbocycles. The summed E-state index contributed by atoms with van der Waals surface area (Å²) in [5.74, 6) is 0.592. The third kappa shape index (κ3) is 3.23. The molecule has 0 unspecified atom stereocenters. The first-order valence-corrected chi connectivity index (χ1v) is 7.00. The fourth-order valence-corrected chi connectivity index (χ4v) is 2.34. The number of carbonyl (C=O) groups is 1. The maximum absolute atomic E-state index is 12.1. The molecular formula is C18H13ClO2. The predicted octanol–water partition coefficient (Wildman–Crippen LogP) is 4.75. The van der Waals surface area contributed by atoms with Gasteiger partial charge in [0.1, 0.15) is 5.75 Å². The average Bonchev–Trinajstić information content (AvgIpc) is 2.52. The van der Waals surface area contributed by atoms with Crippen LogP contribution in [0.4, 0.5) is 0 Å². The van der Waals surface area contributed by atoms with Gasteiger partial charge in [-0.1, -0.05) is 54.1 Å². The van der Waals surface area contributed by atoms with Gasteiger partial charge in [-0.25, -0.2) is 0 Å². The van der Waals surface area contributed by atoms with Gasteiger partial charge in [-0.05, 0) is 35.0 Å². The Balaban J connectivity index is 1.72. The molecule has 0 radical (unpaired) electrons. The molecule has 3 heteroatoms. The number of ether oxygens (including phenoxy) is 1. The van der Waals surface area contributed by atoms with Gasteiger partial charge in [-0.3, -0.25) is 4.79 Å². The van der Waals surface area contributed by atoms with E-state index < -0.39 is 0 Å². The Hall–Kier alpha value is -2.32. The summed E-state index contributed by atoms with van der Waals surface area (Å²) in [6.45, 7) is -0.00131. The van der Waals surface area contributed by atoms with Gasteiger partial charge in [-0.2, -0.15) is 0 Å². The quantitative estimate of drug-likeness (QED) is 0.649. The van der Waals surface area contributed by atoms with E-state index in [1.807, 2.05) is 42.5 Å². The van der Waals surface area contributed by atoms with Crippen molar-refractivity contribution in [2.45, 2.75) is 0 Å².